The minimum atomic E-state index is -0.418. The lowest BCUT2D eigenvalue weighted by Gasteiger charge is -2.18. The zero-order valence-electron chi connectivity index (χ0n) is 13.4. The lowest BCUT2D eigenvalue weighted by Crippen LogP contribution is -2.45. The Morgan fingerprint density at radius 3 is 2.26 bits per heavy atom. The standard InChI is InChI=1S/C18H22N2O2.ClH/c1-18(2,19)13-20-17(21)15-10-8-14(9-11-15)12-22-16-6-4-3-5-7-16;/h3-11H,12-13,19H2,1-2H3,(H,20,21);1H. The molecule has 2 aromatic rings. The van der Waals surface area contributed by atoms with Crippen LogP contribution >= 0.6 is 12.4 Å². The maximum absolute atomic E-state index is 12.0. The third-order valence-corrected chi connectivity index (χ3v) is 3.07. The van der Waals surface area contributed by atoms with Crippen molar-refractivity contribution >= 4 is 18.3 Å². The predicted octanol–water partition coefficient (Wildman–Crippen LogP) is 3.15. The summed E-state index contributed by atoms with van der Waals surface area (Å²) in [5.41, 5.74) is 7.06. The molecule has 23 heavy (non-hydrogen) atoms. The summed E-state index contributed by atoms with van der Waals surface area (Å²) < 4.78 is 5.67. The summed E-state index contributed by atoms with van der Waals surface area (Å²) in [6, 6.07) is 17.0. The van der Waals surface area contributed by atoms with Crippen molar-refractivity contribution in [1.82, 2.24) is 5.32 Å². The number of rotatable bonds is 6. The van der Waals surface area contributed by atoms with E-state index in [4.69, 9.17) is 10.5 Å². The van der Waals surface area contributed by atoms with Crippen molar-refractivity contribution in [1.29, 1.82) is 0 Å². The smallest absolute Gasteiger partial charge is 0.251 e. The topological polar surface area (TPSA) is 64.3 Å². The normalized spacial score (nSPS) is 10.6. The number of ether oxygens (including phenoxy) is 1. The number of amides is 1. The minimum Gasteiger partial charge on any atom is -0.489 e. The average Bonchev–Trinajstić information content (AvgIpc) is 2.51. The molecule has 0 heterocycles. The van der Waals surface area contributed by atoms with Gasteiger partial charge in [0, 0.05) is 17.6 Å². The van der Waals surface area contributed by atoms with Crippen LogP contribution in [0.15, 0.2) is 54.6 Å². The number of nitrogens with two attached hydrogens (primary N) is 1. The molecular formula is C18H23ClN2O2. The van der Waals surface area contributed by atoms with E-state index in [9.17, 15) is 4.79 Å². The first-order valence-corrected chi connectivity index (χ1v) is 7.28. The molecule has 1 amide bonds. The molecule has 2 rings (SSSR count). The number of carbonyl (C=O) groups is 1. The Bertz CT molecular complexity index is 607. The van der Waals surface area contributed by atoms with Crippen LogP contribution in [0.2, 0.25) is 0 Å². The molecule has 0 fully saturated rings. The van der Waals surface area contributed by atoms with E-state index in [1.54, 1.807) is 12.1 Å². The minimum absolute atomic E-state index is 0. The first kappa shape index (κ1) is 19.0. The van der Waals surface area contributed by atoms with Gasteiger partial charge < -0.3 is 15.8 Å². The van der Waals surface area contributed by atoms with Crippen molar-refractivity contribution in [2.24, 2.45) is 5.73 Å². The number of benzene rings is 2. The molecule has 0 unspecified atom stereocenters. The van der Waals surface area contributed by atoms with E-state index in [-0.39, 0.29) is 18.3 Å². The van der Waals surface area contributed by atoms with Gasteiger partial charge >= 0.3 is 0 Å². The SMILES string of the molecule is CC(C)(N)CNC(=O)c1ccc(COc2ccccc2)cc1.Cl. The third-order valence-electron chi connectivity index (χ3n) is 3.07. The quantitative estimate of drug-likeness (QED) is 0.853. The van der Waals surface area contributed by atoms with Crippen LogP contribution in [0.25, 0.3) is 0 Å². The van der Waals surface area contributed by atoms with Gasteiger partial charge in [-0.15, -0.1) is 12.4 Å². The predicted molar refractivity (Wildman–Crippen MR) is 95.1 cm³/mol. The molecule has 4 nitrogen and oxygen atoms in total. The second kappa shape index (κ2) is 8.56. The third kappa shape index (κ3) is 6.72. The van der Waals surface area contributed by atoms with Gasteiger partial charge in [-0.2, -0.15) is 0 Å². The fourth-order valence-corrected chi connectivity index (χ4v) is 1.85. The highest BCUT2D eigenvalue weighted by atomic mass is 35.5. The molecule has 0 atom stereocenters. The largest absolute Gasteiger partial charge is 0.489 e. The van der Waals surface area contributed by atoms with Gasteiger partial charge in [-0.3, -0.25) is 4.79 Å². The molecule has 0 radical (unpaired) electrons. The summed E-state index contributed by atoms with van der Waals surface area (Å²) in [6.07, 6.45) is 0. The molecule has 0 aromatic heterocycles. The van der Waals surface area contributed by atoms with Crippen LogP contribution in [-0.2, 0) is 6.61 Å². The van der Waals surface area contributed by atoms with Crippen LogP contribution < -0.4 is 15.8 Å². The van der Waals surface area contributed by atoms with E-state index in [0.717, 1.165) is 11.3 Å². The zero-order chi connectivity index (χ0) is 16.0. The molecule has 0 spiro atoms. The second-order valence-corrected chi connectivity index (χ2v) is 5.97. The Kier molecular flexibility index (Phi) is 7.07. The number of hydrogen-bond acceptors (Lipinski definition) is 3. The van der Waals surface area contributed by atoms with Gasteiger partial charge in [0.25, 0.3) is 5.91 Å². The lowest BCUT2D eigenvalue weighted by atomic mass is 10.1. The number of nitrogens with one attached hydrogen (secondary N) is 1. The highest BCUT2D eigenvalue weighted by molar-refractivity contribution is 5.94. The number of para-hydroxylation sites is 1. The van der Waals surface area contributed by atoms with Crippen molar-refractivity contribution in [2.45, 2.75) is 26.0 Å². The average molecular weight is 335 g/mol. The monoisotopic (exact) mass is 334 g/mol. The molecule has 0 aliphatic rings. The maximum atomic E-state index is 12.0. The van der Waals surface area contributed by atoms with E-state index >= 15 is 0 Å². The number of hydrogen-bond donors (Lipinski definition) is 2. The summed E-state index contributed by atoms with van der Waals surface area (Å²) >= 11 is 0. The number of halogens is 1. The molecule has 0 aliphatic carbocycles. The summed E-state index contributed by atoms with van der Waals surface area (Å²) in [5.74, 6) is 0.712. The Hall–Kier alpha value is -2.04. The van der Waals surface area contributed by atoms with Crippen LogP contribution in [0.5, 0.6) is 5.75 Å². The highest BCUT2D eigenvalue weighted by Crippen LogP contribution is 2.12. The van der Waals surface area contributed by atoms with E-state index in [1.165, 1.54) is 0 Å². The Balaban J connectivity index is 0.00000264. The summed E-state index contributed by atoms with van der Waals surface area (Å²) in [4.78, 5) is 12.0. The fourth-order valence-electron chi connectivity index (χ4n) is 1.85. The van der Waals surface area contributed by atoms with Gasteiger partial charge in [0.1, 0.15) is 12.4 Å². The molecule has 0 bridgehead atoms. The van der Waals surface area contributed by atoms with Gasteiger partial charge in [0.15, 0.2) is 0 Å². The lowest BCUT2D eigenvalue weighted by molar-refractivity contribution is 0.0946. The summed E-state index contributed by atoms with van der Waals surface area (Å²) in [7, 11) is 0. The molecule has 5 heteroatoms. The van der Waals surface area contributed by atoms with E-state index < -0.39 is 5.54 Å². The first-order valence-electron chi connectivity index (χ1n) is 7.28. The van der Waals surface area contributed by atoms with Crippen molar-refractivity contribution in [3.8, 4) is 5.75 Å². The van der Waals surface area contributed by atoms with Gasteiger partial charge in [-0.1, -0.05) is 30.3 Å². The Morgan fingerprint density at radius 2 is 1.70 bits per heavy atom. The van der Waals surface area contributed by atoms with Crippen LogP contribution in [0.4, 0.5) is 0 Å². The van der Waals surface area contributed by atoms with Crippen molar-refractivity contribution in [3.05, 3.63) is 65.7 Å². The molecular weight excluding hydrogens is 312 g/mol. The summed E-state index contributed by atoms with van der Waals surface area (Å²) in [6.45, 7) is 4.65. The molecule has 2 aromatic carbocycles. The first-order chi connectivity index (χ1) is 10.4. The zero-order valence-corrected chi connectivity index (χ0v) is 14.2. The Morgan fingerprint density at radius 1 is 1.09 bits per heavy atom. The Labute approximate surface area is 143 Å². The molecule has 0 saturated heterocycles. The van der Waals surface area contributed by atoms with Crippen molar-refractivity contribution < 1.29 is 9.53 Å². The van der Waals surface area contributed by atoms with Gasteiger partial charge in [-0.25, -0.2) is 0 Å². The van der Waals surface area contributed by atoms with Crippen LogP contribution in [0.1, 0.15) is 29.8 Å². The summed E-state index contributed by atoms with van der Waals surface area (Å²) in [5, 5.41) is 2.82. The van der Waals surface area contributed by atoms with Gasteiger partial charge in [-0.05, 0) is 43.7 Å². The van der Waals surface area contributed by atoms with Crippen LogP contribution in [0, 0.1) is 0 Å². The van der Waals surface area contributed by atoms with E-state index in [0.29, 0.717) is 18.7 Å². The molecule has 0 saturated carbocycles. The van der Waals surface area contributed by atoms with Gasteiger partial charge in [0.2, 0.25) is 0 Å². The molecule has 124 valence electrons. The van der Waals surface area contributed by atoms with E-state index in [2.05, 4.69) is 5.32 Å². The van der Waals surface area contributed by atoms with Crippen LogP contribution in [-0.4, -0.2) is 18.0 Å². The van der Waals surface area contributed by atoms with Crippen molar-refractivity contribution in [3.63, 3.8) is 0 Å². The number of carbonyl (C=O) groups excluding carboxylic acids is 1. The molecule has 0 aliphatic heterocycles. The maximum Gasteiger partial charge on any atom is 0.251 e. The second-order valence-electron chi connectivity index (χ2n) is 5.97. The van der Waals surface area contributed by atoms with E-state index in [1.807, 2.05) is 56.3 Å². The highest BCUT2D eigenvalue weighted by Gasteiger charge is 2.13. The fraction of sp³-hybridized carbons (Fsp3) is 0.278. The van der Waals surface area contributed by atoms with Gasteiger partial charge in [0.05, 0.1) is 0 Å². The molecule has 3 N–H and O–H groups in total. The van der Waals surface area contributed by atoms with Crippen LogP contribution in [0.3, 0.4) is 0 Å². The van der Waals surface area contributed by atoms with Crippen molar-refractivity contribution in [2.75, 3.05) is 6.54 Å².